The van der Waals surface area contributed by atoms with Crippen LogP contribution in [0.5, 0.6) is 5.75 Å². The number of benzene rings is 2. The van der Waals surface area contributed by atoms with Gasteiger partial charge in [0, 0.05) is 24.0 Å². The molecule has 2 N–H and O–H groups in total. The van der Waals surface area contributed by atoms with Crippen molar-refractivity contribution in [1.29, 1.82) is 0 Å². The molecule has 1 saturated heterocycles. The van der Waals surface area contributed by atoms with Crippen molar-refractivity contribution in [2.75, 3.05) is 24.5 Å². The number of aliphatic hydroxyl groups is 1. The van der Waals surface area contributed by atoms with Crippen LogP contribution in [0, 0.1) is 11.6 Å². The van der Waals surface area contributed by atoms with Crippen LogP contribution >= 0.6 is 11.6 Å². The highest BCUT2D eigenvalue weighted by atomic mass is 35.5. The number of nitrogens with zero attached hydrogens (tertiary/aromatic N) is 4. The maximum Gasteiger partial charge on any atom is 0.242 e. The van der Waals surface area contributed by atoms with Crippen LogP contribution in [0.2, 0.25) is 5.02 Å². The molecule has 1 aliphatic rings. The Hall–Kier alpha value is -3.14. The SMILES string of the molecule is C=CC(O)N1CCN(c2ncnc3c(F)c(-c4c(O)cccc4F)c(Cl)cc23)C(=O)C1. The minimum Gasteiger partial charge on any atom is -0.507 e. The van der Waals surface area contributed by atoms with Gasteiger partial charge in [-0.05, 0) is 24.3 Å². The Morgan fingerprint density at radius 1 is 1.23 bits per heavy atom. The third-order valence-corrected chi connectivity index (χ3v) is 5.43. The van der Waals surface area contributed by atoms with Crippen LogP contribution in [0.3, 0.4) is 0 Å². The molecule has 160 valence electrons. The van der Waals surface area contributed by atoms with Gasteiger partial charge in [-0.1, -0.05) is 24.2 Å². The lowest BCUT2D eigenvalue weighted by atomic mass is 10.0. The number of phenolic OH excluding ortho intramolecular Hbond substituents is 1. The van der Waals surface area contributed by atoms with Gasteiger partial charge in [-0.25, -0.2) is 18.7 Å². The standard InChI is InChI=1S/C21H17ClF2N4O3/c1-2-15(30)27-6-7-28(16(31)9-27)21-11-8-12(22)17(19(24)20(11)25-10-26-21)18-13(23)4-3-5-14(18)29/h2-5,8,10,15,29-30H,1,6-7,9H2. The van der Waals surface area contributed by atoms with Gasteiger partial charge in [0.15, 0.2) is 5.82 Å². The van der Waals surface area contributed by atoms with Gasteiger partial charge in [0.05, 0.1) is 17.1 Å². The van der Waals surface area contributed by atoms with E-state index in [1.807, 2.05) is 0 Å². The molecule has 31 heavy (non-hydrogen) atoms. The van der Waals surface area contributed by atoms with E-state index >= 15 is 4.39 Å². The van der Waals surface area contributed by atoms with Crippen molar-refractivity contribution in [3.05, 3.63) is 59.9 Å². The molecule has 1 fully saturated rings. The molecule has 0 aliphatic carbocycles. The van der Waals surface area contributed by atoms with Crippen LogP contribution in [0.1, 0.15) is 0 Å². The molecule has 0 bridgehead atoms. The number of hydrogen-bond donors (Lipinski definition) is 2. The number of phenols is 1. The van der Waals surface area contributed by atoms with Crippen molar-refractivity contribution < 1.29 is 23.8 Å². The Morgan fingerprint density at radius 3 is 2.68 bits per heavy atom. The Bertz CT molecular complexity index is 1190. The van der Waals surface area contributed by atoms with Gasteiger partial charge in [0.2, 0.25) is 5.91 Å². The third-order valence-electron chi connectivity index (χ3n) is 5.13. The first-order valence-electron chi connectivity index (χ1n) is 9.29. The number of amides is 1. The summed E-state index contributed by atoms with van der Waals surface area (Å²) in [5, 5.41) is 19.9. The van der Waals surface area contributed by atoms with Gasteiger partial charge in [-0.15, -0.1) is 0 Å². The summed E-state index contributed by atoms with van der Waals surface area (Å²) in [5.74, 6) is -2.48. The molecule has 1 amide bonds. The Kier molecular flexibility index (Phi) is 5.57. The van der Waals surface area contributed by atoms with Gasteiger partial charge in [0.1, 0.15) is 35.5 Å². The van der Waals surface area contributed by atoms with Gasteiger partial charge in [-0.3, -0.25) is 14.6 Å². The number of aromatic nitrogens is 2. The summed E-state index contributed by atoms with van der Waals surface area (Å²) in [4.78, 5) is 23.7. The molecule has 3 aromatic rings. The minimum atomic E-state index is -0.962. The first-order chi connectivity index (χ1) is 14.8. The maximum atomic E-state index is 15.4. The third kappa shape index (κ3) is 3.60. The van der Waals surface area contributed by atoms with Gasteiger partial charge in [0.25, 0.3) is 0 Å². The van der Waals surface area contributed by atoms with E-state index in [4.69, 9.17) is 11.6 Å². The lowest BCUT2D eigenvalue weighted by Gasteiger charge is -2.35. The van der Waals surface area contributed by atoms with Crippen molar-refractivity contribution in [1.82, 2.24) is 14.9 Å². The fourth-order valence-corrected chi connectivity index (χ4v) is 3.90. The zero-order chi connectivity index (χ0) is 22.3. The molecule has 1 aliphatic heterocycles. The lowest BCUT2D eigenvalue weighted by molar-refractivity contribution is -0.124. The zero-order valence-electron chi connectivity index (χ0n) is 16.1. The van der Waals surface area contributed by atoms with Gasteiger partial charge < -0.3 is 10.2 Å². The van der Waals surface area contributed by atoms with Crippen LogP contribution in [0.15, 0.2) is 43.2 Å². The van der Waals surface area contributed by atoms with Crippen LogP contribution in [0.4, 0.5) is 14.6 Å². The second-order valence-corrected chi connectivity index (χ2v) is 7.35. The quantitative estimate of drug-likeness (QED) is 0.599. The molecule has 4 rings (SSSR count). The predicted octanol–water partition coefficient (Wildman–Crippen LogP) is 3.09. The average molecular weight is 447 g/mol. The fourth-order valence-electron chi connectivity index (χ4n) is 3.61. The first kappa shape index (κ1) is 21.1. The molecule has 7 nitrogen and oxygen atoms in total. The van der Waals surface area contributed by atoms with E-state index in [0.717, 1.165) is 12.4 Å². The Morgan fingerprint density at radius 2 is 2.00 bits per heavy atom. The largest absolute Gasteiger partial charge is 0.507 e. The second kappa shape index (κ2) is 8.18. The van der Waals surface area contributed by atoms with Crippen molar-refractivity contribution in [2.24, 2.45) is 0 Å². The summed E-state index contributed by atoms with van der Waals surface area (Å²) in [6.07, 6.45) is 1.45. The van der Waals surface area contributed by atoms with Crippen LogP contribution in [-0.2, 0) is 4.79 Å². The van der Waals surface area contributed by atoms with Gasteiger partial charge in [-0.2, -0.15) is 0 Å². The highest BCUT2D eigenvalue weighted by Crippen LogP contribution is 2.42. The van der Waals surface area contributed by atoms with E-state index < -0.39 is 23.6 Å². The molecular weight excluding hydrogens is 430 g/mol. The summed E-state index contributed by atoms with van der Waals surface area (Å²) in [6, 6.07) is 4.93. The molecule has 1 atom stereocenters. The lowest BCUT2D eigenvalue weighted by Crippen LogP contribution is -2.53. The molecule has 0 radical (unpaired) electrons. The summed E-state index contributed by atoms with van der Waals surface area (Å²) in [6.45, 7) is 3.94. The molecular formula is C21H17ClF2N4O3. The average Bonchev–Trinajstić information content (AvgIpc) is 2.75. The Balaban J connectivity index is 1.82. The van der Waals surface area contributed by atoms with Crippen molar-refractivity contribution in [3.8, 4) is 16.9 Å². The smallest absolute Gasteiger partial charge is 0.242 e. The normalized spacial score (nSPS) is 16.0. The molecule has 2 aromatic carbocycles. The maximum absolute atomic E-state index is 15.4. The molecule has 1 aromatic heterocycles. The Labute approximate surface area is 180 Å². The number of fused-ring (bicyclic) bond motifs is 1. The number of anilines is 1. The fraction of sp³-hybridized carbons (Fsp3) is 0.190. The number of carbonyl (C=O) groups is 1. The first-order valence-corrected chi connectivity index (χ1v) is 9.67. The minimum absolute atomic E-state index is 0.0872. The topological polar surface area (TPSA) is 89.8 Å². The van der Waals surface area contributed by atoms with E-state index in [2.05, 4.69) is 16.5 Å². The summed E-state index contributed by atoms with van der Waals surface area (Å²) >= 11 is 6.29. The van der Waals surface area contributed by atoms with E-state index in [9.17, 15) is 19.4 Å². The monoisotopic (exact) mass is 446 g/mol. The van der Waals surface area contributed by atoms with E-state index in [1.54, 1.807) is 0 Å². The summed E-state index contributed by atoms with van der Waals surface area (Å²) < 4.78 is 29.8. The van der Waals surface area contributed by atoms with Crippen molar-refractivity contribution in [2.45, 2.75) is 6.23 Å². The molecule has 1 unspecified atom stereocenters. The number of carbonyl (C=O) groups excluding carboxylic acids is 1. The highest BCUT2D eigenvalue weighted by Gasteiger charge is 2.31. The molecule has 10 heteroatoms. The summed E-state index contributed by atoms with van der Waals surface area (Å²) in [5.41, 5.74) is -0.886. The molecule has 0 saturated carbocycles. The number of rotatable bonds is 4. The number of halogens is 3. The predicted molar refractivity (Wildman–Crippen MR) is 112 cm³/mol. The number of piperazine rings is 1. The van der Waals surface area contributed by atoms with Crippen LogP contribution in [-0.4, -0.2) is 56.9 Å². The van der Waals surface area contributed by atoms with Crippen molar-refractivity contribution in [3.63, 3.8) is 0 Å². The highest BCUT2D eigenvalue weighted by molar-refractivity contribution is 6.34. The number of aliphatic hydroxyl groups excluding tert-OH is 1. The number of aromatic hydroxyl groups is 1. The number of hydrogen-bond acceptors (Lipinski definition) is 6. The second-order valence-electron chi connectivity index (χ2n) is 6.94. The van der Waals surface area contributed by atoms with E-state index in [1.165, 1.54) is 34.1 Å². The van der Waals surface area contributed by atoms with Crippen LogP contribution < -0.4 is 4.90 Å². The summed E-state index contributed by atoms with van der Waals surface area (Å²) in [7, 11) is 0. The van der Waals surface area contributed by atoms with Crippen LogP contribution in [0.25, 0.3) is 22.0 Å². The van der Waals surface area contributed by atoms with E-state index in [0.29, 0.717) is 6.54 Å². The van der Waals surface area contributed by atoms with Crippen molar-refractivity contribution >= 4 is 34.2 Å². The van der Waals surface area contributed by atoms with E-state index in [-0.39, 0.29) is 51.9 Å². The van der Waals surface area contributed by atoms with Gasteiger partial charge >= 0.3 is 0 Å². The molecule has 2 heterocycles. The zero-order valence-corrected chi connectivity index (χ0v) is 16.9. The molecule has 0 spiro atoms.